The van der Waals surface area contributed by atoms with E-state index in [0.717, 1.165) is 11.4 Å². The third-order valence-electron chi connectivity index (χ3n) is 2.52. The average molecular weight is 300 g/mol. The fraction of sp³-hybridized carbons (Fsp3) is 0.385. The summed E-state index contributed by atoms with van der Waals surface area (Å²) in [6, 6.07) is 1.66. The number of hydrogen-bond acceptors (Lipinski definition) is 4. The molecule has 0 aromatic carbocycles. The number of nitrogens with one attached hydrogen (secondary N) is 1. The van der Waals surface area contributed by atoms with Crippen LogP contribution in [0.2, 0.25) is 0 Å². The van der Waals surface area contributed by atoms with Gasteiger partial charge in [-0.3, -0.25) is 0 Å². The predicted octanol–water partition coefficient (Wildman–Crippen LogP) is 2.22. The van der Waals surface area contributed by atoms with Crippen molar-refractivity contribution >= 4 is 21.4 Å². The van der Waals surface area contributed by atoms with Gasteiger partial charge < -0.3 is 5.32 Å². The molecule has 0 aliphatic carbocycles. The lowest BCUT2D eigenvalue weighted by atomic mass is 10.4. The van der Waals surface area contributed by atoms with E-state index in [1.807, 2.05) is 6.92 Å². The van der Waals surface area contributed by atoms with E-state index in [9.17, 15) is 8.42 Å². The van der Waals surface area contributed by atoms with Crippen molar-refractivity contribution in [2.75, 3.05) is 19.6 Å². The highest BCUT2D eigenvalue weighted by Gasteiger charge is 2.25. The van der Waals surface area contributed by atoms with Crippen LogP contribution in [-0.2, 0) is 16.6 Å². The monoisotopic (exact) mass is 300 g/mol. The summed E-state index contributed by atoms with van der Waals surface area (Å²) >= 11 is 1.45. The first-order valence-electron chi connectivity index (χ1n) is 6.07. The highest BCUT2D eigenvalue weighted by molar-refractivity contribution is 7.89. The first-order chi connectivity index (χ1) is 9.07. The zero-order chi connectivity index (χ0) is 14.3. The molecule has 0 unspecified atom stereocenters. The number of nitrogens with zero attached hydrogens (tertiary/aromatic N) is 1. The molecule has 0 radical (unpaired) electrons. The molecule has 0 fully saturated rings. The van der Waals surface area contributed by atoms with Gasteiger partial charge in [0.1, 0.15) is 0 Å². The summed E-state index contributed by atoms with van der Waals surface area (Å²) in [7, 11) is -3.48. The number of hydrogen-bond donors (Lipinski definition) is 1. The Balaban J connectivity index is 3.06. The zero-order valence-electron chi connectivity index (χ0n) is 11.1. The van der Waals surface area contributed by atoms with Crippen LogP contribution in [0.1, 0.15) is 11.8 Å². The Kier molecular flexibility index (Phi) is 6.44. The van der Waals surface area contributed by atoms with Gasteiger partial charge in [0.2, 0.25) is 10.0 Å². The van der Waals surface area contributed by atoms with E-state index < -0.39 is 10.0 Å². The molecule has 0 aliphatic heterocycles. The largest absolute Gasteiger partial charge is 0.312 e. The summed E-state index contributed by atoms with van der Waals surface area (Å²) in [5.41, 5.74) is 0. The van der Waals surface area contributed by atoms with Crippen LogP contribution < -0.4 is 5.32 Å². The molecule has 1 rings (SSSR count). The Morgan fingerprint density at radius 1 is 1.37 bits per heavy atom. The Bertz CT molecular complexity index is 511. The number of thiophene rings is 1. The first kappa shape index (κ1) is 16.1. The van der Waals surface area contributed by atoms with Crippen molar-refractivity contribution in [1.82, 2.24) is 9.62 Å². The minimum Gasteiger partial charge on any atom is -0.312 e. The van der Waals surface area contributed by atoms with Gasteiger partial charge in [0, 0.05) is 24.5 Å². The van der Waals surface area contributed by atoms with Gasteiger partial charge in [-0.05, 0) is 18.0 Å². The fourth-order valence-corrected chi connectivity index (χ4v) is 4.39. The van der Waals surface area contributed by atoms with Crippen molar-refractivity contribution in [2.24, 2.45) is 0 Å². The molecule has 106 valence electrons. The van der Waals surface area contributed by atoms with Crippen LogP contribution in [0.25, 0.3) is 0 Å². The summed E-state index contributed by atoms with van der Waals surface area (Å²) in [5.74, 6) is 0. The molecule has 0 atom stereocenters. The summed E-state index contributed by atoms with van der Waals surface area (Å²) in [6.45, 7) is 11.1. The molecule has 1 aromatic heterocycles. The molecule has 0 aliphatic rings. The van der Waals surface area contributed by atoms with E-state index in [1.165, 1.54) is 15.6 Å². The third kappa shape index (κ3) is 4.01. The summed E-state index contributed by atoms with van der Waals surface area (Å²) in [6.07, 6.45) is 3.16. The summed E-state index contributed by atoms with van der Waals surface area (Å²) < 4.78 is 26.5. The predicted molar refractivity (Wildman–Crippen MR) is 80.9 cm³/mol. The maximum atomic E-state index is 12.6. The van der Waals surface area contributed by atoms with E-state index in [4.69, 9.17) is 0 Å². The van der Waals surface area contributed by atoms with Crippen molar-refractivity contribution in [3.63, 3.8) is 0 Å². The first-order valence-corrected chi connectivity index (χ1v) is 8.38. The smallest absolute Gasteiger partial charge is 0.244 e. The van der Waals surface area contributed by atoms with Gasteiger partial charge in [-0.15, -0.1) is 24.5 Å². The van der Waals surface area contributed by atoms with E-state index in [2.05, 4.69) is 18.5 Å². The molecule has 1 aromatic rings. The third-order valence-corrected chi connectivity index (χ3v) is 5.49. The Morgan fingerprint density at radius 2 is 2.00 bits per heavy atom. The minimum atomic E-state index is -3.48. The van der Waals surface area contributed by atoms with Crippen molar-refractivity contribution in [3.8, 4) is 0 Å². The van der Waals surface area contributed by atoms with Crippen LogP contribution in [0, 0.1) is 0 Å². The van der Waals surface area contributed by atoms with E-state index in [0.29, 0.717) is 11.4 Å². The molecule has 0 spiro atoms. The highest BCUT2D eigenvalue weighted by Crippen LogP contribution is 2.25. The topological polar surface area (TPSA) is 49.4 Å². The maximum absolute atomic E-state index is 12.6. The van der Waals surface area contributed by atoms with Crippen LogP contribution in [0.3, 0.4) is 0 Å². The quantitative estimate of drug-likeness (QED) is 0.711. The molecule has 0 amide bonds. The van der Waals surface area contributed by atoms with Gasteiger partial charge in [-0.25, -0.2) is 8.42 Å². The van der Waals surface area contributed by atoms with Crippen LogP contribution in [0.15, 0.2) is 41.7 Å². The molecule has 0 saturated heterocycles. The van der Waals surface area contributed by atoms with E-state index in [-0.39, 0.29) is 13.1 Å². The van der Waals surface area contributed by atoms with Gasteiger partial charge in [-0.2, -0.15) is 4.31 Å². The minimum absolute atomic E-state index is 0.283. The molecular formula is C13H20N2O2S2. The molecule has 1 N–H and O–H groups in total. The average Bonchev–Trinajstić information content (AvgIpc) is 2.85. The van der Waals surface area contributed by atoms with Gasteiger partial charge in [0.25, 0.3) is 0 Å². The van der Waals surface area contributed by atoms with Crippen LogP contribution in [0.4, 0.5) is 0 Å². The number of sulfonamides is 1. The molecule has 1 heterocycles. The molecule has 0 saturated carbocycles. The lowest BCUT2D eigenvalue weighted by Gasteiger charge is -2.19. The zero-order valence-corrected chi connectivity index (χ0v) is 12.8. The summed E-state index contributed by atoms with van der Waals surface area (Å²) in [4.78, 5) is 1.21. The van der Waals surface area contributed by atoms with Crippen molar-refractivity contribution < 1.29 is 8.42 Å². The normalized spacial score (nSPS) is 11.7. The van der Waals surface area contributed by atoms with Gasteiger partial charge in [0.05, 0.1) is 4.90 Å². The summed E-state index contributed by atoms with van der Waals surface area (Å²) in [5, 5.41) is 4.96. The Hall–Kier alpha value is -0.950. The number of rotatable bonds is 9. The standard InChI is InChI=1S/C13H20N2O2S2/c1-4-8-15(9-5-2)19(16,17)13-7-10-18-12(13)11-14-6-3/h4-5,7,10,14H,1-2,6,8-9,11H2,3H3. The van der Waals surface area contributed by atoms with Crippen molar-refractivity contribution in [3.05, 3.63) is 41.6 Å². The van der Waals surface area contributed by atoms with Gasteiger partial charge in [0.15, 0.2) is 0 Å². The molecule has 19 heavy (non-hydrogen) atoms. The second-order valence-electron chi connectivity index (χ2n) is 3.89. The molecule has 4 nitrogen and oxygen atoms in total. The molecular weight excluding hydrogens is 280 g/mol. The van der Waals surface area contributed by atoms with E-state index in [1.54, 1.807) is 23.6 Å². The van der Waals surface area contributed by atoms with E-state index >= 15 is 0 Å². The van der Waals surface area contributed by atoms with Crippen LogP contribution in [-0.4, -0.2) is 32.4 Å². The Labute approximate surface area is 119 Å². The maximum Gasteiger partial charge on any atom is 0.244 e. The lowest BCUT2D eigenvalue weighted by Crippen LogP contribution is -2.32. The van der Waals surface area contributed by atoms with Crippen molar-refractivity contribution in [1.29, 1.82) is 0 Å². The molecule has 6 heteroatoms. The second kappa shape index (κ2) is 7.59. The highest BCUT2D eigenvalue weighted by atomic mass is 32.2. The second-order valence-corrected chi connectivity index (χ2v) is 6.79. The van der Waals surface area contributed by atoms with Gasteiger partial charge >= 0.3 is 0 Å². The Morgan fingerprint density at radius 3 is 2.53 bits per heavy atom. The SMILES string of the molecule is C=CCN(CC=C)S(=O)(=O)c1ccsc1CNCC. The van der Waals surface area contributed by atoms with Crippen LogP contribution >= 0.6 is 11.3 Å². The molecule has 0 bridgehead atoms. The fourth-order valence-electron chi connectivity index (χ4n) is 1.62. The van der Waals surface area contributed by atoms with Crippen molar-refractivity contribution in [2.45, 2.75) is 18.4 Å². The van der Waals surface area contributed by atoms with Crippen LogP contribution in [0.5, 0.6) is 0 Å². The van der Waals surface area contributed by atoms with Gasteiger partial charge in [-0.1, -0.05) is 19.1 Å². The lowest BCUT2D eigenvalue weighted by molar-refractivity contribution is 0.473.